The smallest absolute Gasteiger partial charge is 0.303 e. The first-order chi connectivity index (χ1) is 19.3. The van der Waals surface area contributed by atoms with E-state index in [1.165, 1.54) is 54.2 Å². The van der Waals surface area contributed by atoms with Crippen molar-refractivity contribution in [2.75, 3.05) is 18.0 Å². The number of hydrogen-bond donors (Lipinski definition) is 1. The highest BCUT2D eigenvalue weighted by atomic mass is 16.6. The number of Topliss-reactive ketones (excluding diaryl/α,β-unsaturated/α-hetero) is 1. The molecule has 0 bridgehead atoms. The lowest BCUT2D eigenvalue weighted by Crippen LogP contribution is -2.57. The predicted octanol–water partition coefficient (Wildman–Crippen LogP) is 7.12. The van der Waals surface area contributed by atoms with Gasteiger partial charge in [0.05, 0.1) is 5.71 Å². The second-order valence-corrected chi connectivity index (χ2v) is 13.0. The lowest BCUT2D eigenvalue weighted by Gasteiger charge is -2.55. The number of ether oxygens (including phenoxy) is 1. The van der Waals surface area contributed by atoms with E-state index < -0.39 is 11.0 Å². The summed E-state index contributed by atoms with van der Waals surface area (Å²) in [5.74, 6) is 0.522. The standard InChI is InChI=1S/C34H44N2O4/c1-4-31(38)34(40-22(2)37)17-16-30-28-14-10-24-20-25(35-39)11-15-27(24)32(28)29(21-33(30,34)3)23-8-12-26(13-9-23)36-18-6-5-7-19-36/h8-9,12-13,20,28-30,39H,4-7,10-11,14-19,21H2,1-3H3/b35-25+/t28?,29-,30?,33+,34+/m1/s1. The Labute approximate surface area is 238 Å². The minimum Gasteiger partial charge on any atom is -0.451 e. The van der Waals surface area contributed by atoms with Crippen LogP contribution in [0.3, 0.4) is 0 Å². The van der Waals surface area contributed by atoms with Gasteiger partial charge in [-0.05, 0) is 111 Å². The van der Waals surface area contributed by atoms with Crippen LogP contribution in [-0.2, 0) is 14.3 Å². The SMILES string of the molecule is CCC(=O)[C@@]1(OC(C)=O)CCC2C3CCC4=C/C(=N/O)CCC4=C3[C@@H](c3ccc(N4CCCCC4)cc3)C[C@@]21C. The highest BCUT2D eigenvalue weighted by molar-refractivity contribution is 5.97. The molecular formula is C34H44N2O4. The topological polar surface area (TPSA) is 79.2 Å². The molecule has 4 aliphatic carbocycles. The highest BCUT2D eigenvalue weighted by Gasteiger charge is 2.67. The Hall–Kier alpha value is -2.89. The van der Waals surface area contributed by atoms with Gasteiger partial charge in [-0.15, -0.1) is 0 Å². The van der Waals surface area contributed by atoms with Gasteiger partial charge in [0.15, 0.2) is 11.4 Å². The van der Waals surface area contributed by atoms with Crippen LogP contribution in [-0.4, -0.2) is 41.4 Å². The summed E-state index contributed by atoms with van der Waals surface area (Å²) in [4.78, 5) is 28.7. The van der Waals surface area contributed by atoms with Crippen molar-refractivity contribution in [3.05, 3.63) is 52.6 Å². The Morgan fingerprint density at radius 3 is 2.50 bits per heavy atom. The highest BCUT2D eigenvalue weighted by Crippen LogP contribution is 2.68. The third kappa shape index (κ3) is 4.24. The van der Waals surface area contributed by atoms with Gasteiger partial charge >= 0.3 is 5.97 Å². The average Bonchev–Trinajstić information content (AvgIpc) is 3.28. The average molecular weight is 545 g/mol. The number of esters is 1. The Bertz CT molecular complexity index is 1270. The first kappa shape index (κ1) is 27.3. The molecule has 40 heavy (non-hydrogen) atoms. The van der Waals surface area contributed by atoms with Crippen LogP contribution in [0.4, 0.5) is 5.69 Å². The van der Waals surface area contributed by atoms with Crippen LogP contribution in [0.15, 0.2) is 52.2 Å². The summed E-state index contributed by atoms with van der Waals surface area (Å²) in [6.07, 6.45) is 12.2. The van der Waals surface area contributed by atoms with Gasteiger partial charge in [0.25, 0.3) is 0 Å². The molecule has 2 saturated carbocycles. The number of carbonyl (C=O) groups is 2. The van der Waals surface area contributed by atoms with Crippen molar-refractivity contribution >= 4 is 23.2 Å². The molecule has 5 atom stereocenters. The van der Waals surface area contributed by atoms with Crippen molar-refractivity contribution in [2.45, 2.75) is 103 Å². The van der Waals surface area contributed by atoms with Crippen LogP contribution in [0.25, 0.3) is 0 Å². The minimum absolute atomic E-state index is 0.0702. The molecular weight excluding hydrogens is 500 g/mol. The van der Waals surface area contributed by atoms with Crippen LogP contribution in [0.5, 0.6) is 0 Å². The minimum atomic E-state index is -1.06. The van der Waals surface area contributed by atoms with E-state index >= 15 is 0 Å². The molecule has 6 nitrogen and oxygen atoms in total. The van der Waals surface area contributed by atoms with Gasteiger partial charge in [0.2, 0.25) is 0 Å². The summed E-state index contributed by atoms with van der Waals surface area (Å²) >= 11 is 0. The fourth-order valence-corrected chi connectivity index (χ4v) is 9.32. The molecule has 1 saturated heterocycles. The van der Waals surface area contributed by atoms with Gasteiger partial charge in [-0.3, -0.25) is 9.59 Å². The zero-order chi connectivity index (χ0) is 28.1. The van der Waals surface area contributed by atoms with Gasteiger partial charge in [0, 0.05) is 43.5 Å². The summed E-state index contributed by atoms with van der Waals surface area (Å²) in [5, 5.41) is 13.0. The van der Waals surface area contributed by atoms with Gasteiger partial charge in [-0.1, -0.05) is 36.7 Å². The number of anilines is 1. The second-order valence-electron chi connectivity index (χ2n) is 13.0. The molecule has 3 fully saturated rings. The fraction of sp³-hybridized carbons (Fsp3) is 0.618. The lowest BCUT2D eigenvalue weighted by molar-refractivity contribution is -0.183. The number of benzene rings is 1. The molecule has 0 amide bonds. The maximum absolute atomic E-state index is 13.7. The van der Waals surface area contributed by atoms with Crippen LogP contribution in [0.2, 0.25) is 0 Å². The first-order valence-electron chi connectivity index (χ1n) is 15.5. The Balaban J connectivity index is 1.47. The molecule has 1 aromatic carbocycles. The van der Waals surface area contributed by atoms with E-state index in [9.17, 15) is 14.8 Å². The van der Waals surface area contributed by atoms with Crippen molar-refractivity contribution < 1.29 is 19.5 Å². The summed E-state index contributed by atoms with van der Waals surface area (Å²) in [6.45, 7) is 7.84. The maximum atomic E-state index is 13.7. The van der Waals surface area contributed by atoms with Gasteiger partial charge in [-0.25, -0.2) is 0 Å². The third-order valence-corrected chi connectivity index (χ3v) is 11.1. The van der Waals surface area contributed by atoms with Gasteiger partial charge in [-0.2, -0.15) is 0 Å². The Morgan fingerprint density at radius 1 is 1.07 bits per heavy atom. The third-order valence-electron chi connectivity index (χ3n) is 11.1. The van der Waals surface area contributed by atoms with E-state index in [2.05, 4.69) is 47.3 Å². The molecule has 1 aliphatic heterocycles. The number of carbonyl (C=O) groups excluding carboxylic acids is 2. The number of piperidine rings is 1. The quantitative estimate of drug-likeness (QED) is 0.243. The zero-order valence-electron chi connectivity index (χ0n) is 24.4. The Kier molecular flexibility index (Phi) is 7.16. The second kappa shape index (κ2) is 10.5. The van der Waals surface area contributed by atoms with E-state index in [0.717, 1.165) is 57.3 Å². The number of rotatable bonds is 5. The van der Waals surface area contributed by atoms with Crippen LogP contribution in [0, 0.1) is 17.3 Å². The molecule has 0 spiro atoms. The number of nitrogens with zero attached hydrogens (tertiary/aromatic N) is 2. The Morgan fingerprint density at radius 2 is 1.82 bits per heavy atom. The number of hydrogen-bond acceptors (Lipinski definition) is 6. The van der Waals surface area contributed by atoms with Crippen LogP contribution in [0.1, 0.15) is 103 Å². The van der Waals surface area contributed by atoms with E-state index in [1.807, 2.05) is 6.92 Å². The van der Waals surface area contributed by atoms with Gasteiger partial charge < -0.3 is 14.8 Å². The largest absolute Gasteiger partial charge is 0.451 e. The number of allylic oxidation sites excluding steroid dienone is 4. The van der Waals surface area contributed by atoms with Crippen molar-refractivity contribution in [1.82, 2.24) is 0 Å². The number of ketones is 1. The first-order valence-corrected chi connectivity index (χ1v) is 15.5. The predicted molar refractivity (Wildman–Crippen MR) is 157 cm³/mol. The van der Waals surface area contributed by atoms with Crippen LogP contribution >= 0.6 is 0 Å². The van der Waals surface area contributed by atoms with Crippen LogP contribution < -0.4 is 4.90 Å². The molecule has 0 radical (unpaired) electrons. The fourth-order valence-electron chi connectivity index (χ4n) is 9.32. The summed E-state index contributed by atoms with van der Waals surface area (Å²) < 4.78 is 6.16. The van der Waals surface area contributed by atoms with Crippen molar-refractivity contribution in [2.24, 2.45) is 22.4 Å². The van der Waals surface area contributed by atoms with Crippen molar-refractivity contribution in [3.63, 3.8) is 0 Å². The lowest BCUT2D eigenvalue weighted by atomic mass is 9.50. The molecule has 1 N–H and O–H groups in total. The molecule has 5 aliphatic rings. The molecule has 0 aromatic heterocycles. The van der Waals surface area contributed by atoms with Crippen molar-refractivity contribution in [1.29, 1.82) is 0 Å². The summed E-state index contributed by atoms with van der Waals surface area (Å²) in [7, 11) is 0. The number of fused-ring (bicyclic) bond motifs is 4. The molecule has 6 rings (SSSR count). The van der Waals surface area contributed by atoms with Gasteiger partial charge in [0.1, 0.15) is 0 Å². The maximum Gasteiger partial charge on any atom is 0.303 e. The molecule has 1 heterocycles. The molecule has 2 unspecified atom stereocenters. The molecule has 6 heteroatoms. The normalized spacial score (nSPS) is 34.6. The molecule has 1 aromatic rings. The van der Waals surface area contributed by atoms with Crippen molar-refractivity contribution in [3.8, 4) is 0 Å². The molecule has 214 valence electrons. The van der Waals surface area contributed by atoms with E-state index in [-0.39, 0.29) is 17.7 Å². The zero-order valence-corrected chi connectivity index (χ0v) is 24.4. The summed E-state index contributed by atoms with van der Waals surface area (Å²) in [6, 6.07) is 9.21. The number of oxime groups is 1. The monoisotopic (exact) mass is 544 g/mol. The summed E-state index contributed by atoms with van der Waals surface area (Å²) in [5.41, 5.74) is 6.17. The van der Waals surface area contributed by atoms with E-state index in [4.69, 9.17) is 4.74 Å². The van der Waals surface area contributed by atoms with E-state index in [0.29, 0.717) is 24.7 Å². The van der Waals surface area contributed by atoms with E-state index in [1.54, 1.807) is 0 Å².